The first-order valence-electron chi connectivity index (χ1n) is 6.55. The molecule has 1 nitrogen and oxygen atoms in total. The van der Waals surface area contributed by atoms with Gasteiger partial charge in [0.25, 0.3) is 0 Å². The molecule has 0 heterocycles. The van der Waals surface area contributed by atoms with Gasteiger partial charge in [-0.25, -0.2) is 0 Å². The van der Waals surface area contributed by atoms with Crippen LogP contribution >= 0.6 is 0 Å². The van der Waals surface area contributed by atoms with Gasteiger partial charge in [0, 0.05) is 12.0 Å². The van der Waals surface area contributed by atoms with Gasteiger partial charge in [-0.2, -0.15) is 0 Å². The Labute approximate surface area is 99.3 Å². The average molecular weight is 217 g/mol. The molecule has 1 aromatic carbocycles. The van der Waals surface area contributed by atoms with E-state index in [4.69, 9.17) is 0 Å². The predicted molar refractivity (Wildman–Crippen MR) is 69.9 cm³/mol. The summed E-state index contributed by atoms with van der Waals surface area (Å²) in [6.07, 6.45) is 5.48. The minimum Gasteiger partial charge on any atom is -0.316 e. The number of rotatable bonds is 4. The van der Waals surface area contributed by atoms with Gasteiger partial charge >= 0.3 is 0 Å². The van der Waals surface area contributed by atoms with Crippen LogP contribution in [0.5, 0.6) is 0 Å². The zero-order chi connectivity index (χ0) is 11.4. The van der Waals surface area contributed by atoms with E-state index in [9.17, 15) is 0 Å². The summed E-state index contributed by atoms with van der Waals surface area (Å²) in [5, 5.41) is 3.54. The lowest BCUT2D eigenvalue weighted by Crippen LogP contribution is -2.35. The zero-order valence-electron chi connectivity index (χ0n) is 10.6. The summed E-state index contributed by atoms with van der Waals surface area (Å²) in [6, 6.07) is 9.17. The molecule has 0 bridgehead atoms. The molecule has 0 amide bonds. The van der Waals surface area contributed by atoms with Crippen LogP contribution in [0.3, 0.4) is 0 Å². The lowest BCUT2D eigenvalue weighted by molar-refractivity contribution is 0.410. The molecule has 1 heteroatoms. The van der Waals surface area contributed by atoms with Gasteiger partial charge in [-0.05, 0) is 31.9 Å². The summed E-state index contributed by atoms with van der Waals surface area (Å²) in [6.45, 7) is 6.58. The molecule has 1 N–H and O–H groups in total. The Hall–Kier alpha value is -0.820. The summed E-state index contributed by atoms with van der Waals surface area (Å²) in [5.74, 6) is 0. The Kier molecular flexibility index (Phi) is 3.65. The second-order valence-corrected chi connectivity index (χ2v) is 5.13. The van der Waals surface area contributed by atoms with Crippen molar-refractivity contribution in [3.8, 4) is 0 Å². The van der Waals surface area contributed by atoms with E-state index in [1.807, 2.05) is 0 Å². The third-order valence-corrected chi connectivity index (χ3v) is 3.94. The van der Waals surface area contributed by atoms with Crippen molar-refractivity contribution in [3.63, 3.8) is 0 Å². The summed E-state index contributed by atoms with van der Waals surface area (Å²) in [5.41, 5.74) is 3.32. The van der Waals surface area contributed by atoms with Crippen molar-refractivity contribution < 1.29 is 0 Å². The van der Waals surface area contributed by atoms with Crippen molar-refractivity contribution in [2.45, 2.75) is 44.9 Å². The molecular weight excluding hydrogens is 194 g/mol. The molecule has 0 saturated heterocycles. The van der Waals surface area contributed by atoms with E-state index in [-0.39, 0.29) is 0 Å². The fourth-order valence-corrected chi connectivity index (χ4v) is 2.89. The topological polar surface area (TPSA) is 12.0 Å². The molecule has 0 unspecified atom stereocenters. The first-order chi connectivity index (χ1) is 7.77. The van der Waals surface area contributed by atoms with Crippen molar-refractivity contribution in [1.29, 1.82) is 0 Å². The third kappa shape index (κ3) is 2.30. The molecule has 1 aromatic rings. The van der Waals surface area contributed by atoms with Crippen LogP contribution in [-0.2, 0) is 5.41 Å². The van der Waals surface area contributed by atoms with Gasteiger partial charge in [0.05, 0.1) is 0 Å². The molecule has 0 aromatic heterocycles. The average Bonchev–Trinajstić information content (AvgIpc) is 2.77. The molecular formula is C15H23N. The second kappa shape index (κ2) is 5.01. The summed E-state index contributed by atoms with van der Waals surface area (Å²) >= 11 is 0. The molecule has 0 spiro atoms. The maximum atomic E-state index is 3.54. The van der Waals surface area contributed by atoms with E-state index < -0.39 is 0 Å². The van der Waals surface area contributed by atoms with Gasteiger partial charge in [-0.15, -0.1) is 0 Å². The van der Waals surface area contributed by atoms with E-state index in [0.29, 0.717) is 5.41 Å². The quantitative estimate of drug-likeness (QED) is 0.815. The van der Waals surface area contributed by atoms with E-state index in [2.05, 4.69) is 43.4 Å². The van der Waals surface area contributed by atoms with E-state index >= 15 is 0 Å². The maximum absolute atomic E-state index is 3.54. The highest BCUT2D eigenvalue weighted by Gasteiger charge is 2.34. The number of hydrogen-bond acceptors (Lipinski definition) is 1. The van der Waals surface area contributed by atoms with Gasteiger partial charge in [0.1, 0.15) is 0 Å². The normalized spacial score (nSPS) is 18.9. The van der Waals surface area contributed by atoms with Crippen molar-refractivity contribution in [2.24, 2.45) is 0 Å². The van der Waals surface area contributed by atoms with Gasteiger partial charge < -0.3 is 5.32 Å². The minimum atomic E-state index is 0.420. The molecule has 1 aliphatic carbocycles. The predicted octanol–water partition coefficient (Wildman–Crippen LogP) is 3.42. The molecule has 1 aliphatic rings. The van der Waals surface area contributed by atoms with E-state index in [0.717, 1.165) is 13.1 Å². The lowest BCUT2D eigenvalue weighted by atomic mass is 9.78. The van der Waals surface area contributed by atoms with Crippen LogP contribution in [0.25, 0.3) is 0 Å². The Balaban J connectivity index is 2.21. The molecule has 88 valence electrons. The number of benzene rings is 1. The Morgan fingerprint density at radius 3 is 2.31 bits per heavy atom. The van der Waals surface area contributed by atoms with E-state index in [1.165, 1.54) is 36.8 Å². The van der Waals surface area contributed by atoms with Crippen LogP contribution in [0.4, 0.5) is 0 Å². The molecule has 1 saturated carbocycles. The van der Waals surface area contributed by atoms with Crippen LogP contribution in [0.2, 0.25) is 0 Å². The molecule has 0 radical (unpaired) electrons. The Morgan fingerprint density at radius 1 is 1.12 bits per heavy atom. The highest BCUT2D eigenvalue weighted by atomic mass is 14.9. The summed E-state index contributed by atoms with van der Waals surface area (Å²) in [7, 11) is 0. The first-order valence-corrected chi connectivity index (χ1v) is 6.55. The SMILES string of the molecule is CCNCC1(c2ccc(C)cc2)CCCC1. The smallest absolute Gasteiger partial charge is 0.00777 e. The summed E-state index contributed by atoms with van der Waals surface area (Å²) < 4.78 is 0. The van der Waals surface area contributed by atoms with Crippen molar-refractivity contribution >= 4 is 0 Å². The Morgan fingerprint density at radius 2 is 1.75 bits per heavy atom. The van der Waals surface area contributed by atoms with Crippen molar-refractivity contribution in [3.05, 3.63) is 35.4 Å². The maximum Gasteiger partial charge on any atom is 0.00777 e. The molecule has 0 aliphatic heterocycles. The minimum absolute atomic E-state index is 0.420. The van der Waals surface area contributed by atoms with Crippen molar-refractivity contribution in [1.82, 2.24) is 5.32 Å². The fraction of sp³-hybridized carbons (Fsp3) is 0.600. The highest BCUT2D eigenvalue weighted by molar-refractivity contribution is 5.30. The van der Waals surface area contributed by atoms with Crippen molar-refractivity contribution in [2.75, 3.05) is 13.1 Å². The van der Waals surface area contributed by atoms with Gasteiger partial charge in [0.2, 0.25) is 0 Å². The lowest BCUT2D eigenvalue weighted by Gasteiger charge is -2.30. The summed E-state index contributed by atoms with van der Waals surface area (Å²) in [4.78, 5) is 0. The number of hydrogen-bond donors (Lipinski definition) is 1. The molecule has 1 fully saturated rings. The van der Waals surface area contributed by atoms with Gasteiger partial charge in [-0.1, -0.05) is 49.6 Å². The van der Waals surface area contributed by atoms with Crippen LogP contribution in [-0.4, -0.2) is 13.1 Å². The standard InChI is InChI=1S/C15H23N/c1-3-16-12-15(10-4-5-11-15)14-8-6-13(2)7-9-14/h6-9,16H,3-5,10-12H2,1-2H3. The number of likely N-dealkylation sites (N-methyl/N-ethyl adjacent to an activating group) is 1. The van der Waals surface area contributed by atoms with Crippen LogP contribution in [0.1, 0.15) is 43.7 Å². The zero-order valence-corrected chi connectivity index (χ0v) is 10.6. The molecule has 0 atom stereocenters. The second-order valence-electron chi connectivity index (χ2n) is 5.13. The van der Waals surface area contributed by atoms with Crippen LogP contribution < -0.4 is 5.32 Å². The number of aryl methyl sites for hydroxylation is 1. The monoisotopic (exact) mass is 217 g/mol. The molecule has 16 heavy (non-hydrogen) atoms. The van der Waals surface area contributed by atoms with Crippen LogP contribution in [0, 0.1) is 6.92 Å². The van der Waals surface area contributed by atoms with E-state index in [1.54, 1.807) is 0 Å². The Bertz CT molecular complexity index is 320. The largest absolute Gasteiger partial charge is 0.316 e. The fourth-order valence-electron chi connectivity index (χ4n) is 2.89. The molecule has 2 rings (SSSR count). The van der Waals surface area contributed by atoms with Crippen LogP contribution in [0.15, 0.2) is 24.3 Å². The van der Waals surface area contributed by atoms with Gasteiger partial charge in [-0.3, -0.25) is 0 Å². The van der Waals surface area contributed by atoms with Gasteiger partial charge in [0.15, 0.2) is 0 Å². The number of nitrogens with one attached hydrogen (secondary N) is 1. The first kappa shape index (κ1) is 11.7. The highest BCUT2D eigenvalue weighted by Crippen LogP contribution is 2.40. The third-order valence-electron chi connectivity index (χ3n) is 3.94.